The molecular weight excluding hydrogens is 256 g/mol. The molecule has 0 spiro atoms. The Hall–Kier alpha value is -2.43. The molecule has 2 aromatic rings. The molecule has 5 heteroatoms. The van der Waals surface area contributed by atoms with E-state index in [1.807, 2.05) is 24.9 Å². The van der Waals surface area contributed by atoms with Crippen molar-refractivity contribution in [3.63, 3.8) is 0 Å². The maximum absolute atomic E-state index is 11.6. The van der Waals surface area contributed by atoms with E-state index in [1.165, 1.54) is 7.11 Å². The van der Waals surface area contributed by atoms with Gasteiger partial charge in [-0.05, 0) is 31.2 Å². The molecule has 1 heterocycles. The Morgan fingerprint density at radius 3 is 2.75 bits per heavy atom. The molecule has 0 saturated heterocycles. The van der Waals surface area contributed by atoms with Crippen LogP contribution in [0.25, 0.3) is 0 Å². The molecule has 0 bridgehead atoms. The first-order chi connectivity index (χ1) is 9.52. The van der Waals surface area contributed by atoms with Crippen LogP contribution in [0.2, 0.25) is 0 Å². The lowest BCUT2D eigenvalue weighted by atomic mass is 10.1. The second kappa shape index (κ2) is 5.69. The van der Waals surface area contributed by atoms with Crippen molar-refractivity contribution in [1.29, 1.82) is 0 Å². The monoisotopic (exact) mass is 274 g/mol. The largest absolute Gasteiger partial charge is 0.469 e. The molecule has 0 atom stereocenters. The number of hydrogen-bond acceptors (Lipinski definition) is 5. The van der Waals surface area contributed by atoms with Crippen molar-refractivity contribution in [3.05, 3.63) is 47.4 Å². The molecule has 0 radical (unpaired) electrons. The van der Waals surface area contributed by atoms with Crippen LogP contribution in [0.15, 0.2) is 34.9 Å². The highest BCUT2D eigenvalue weighted by Crippen LogP contribution is 2.26. The van der Waals surface area contributed by atoms with E-state index < -0.39 is 0 Å². The molecule has 1 aromatic heterocycles. The van der Waals surface area contributed by atoms with Crippen LogP contribution in [-0.4, -0.2) is 20.1 Å². The van der Waals surface area contributed by atoms with Gasteiger partial charge in [-0.25, -0.2) is 4.79 Å². The van der Waals surface area contributed by atoms with E-state index in [-0.39, 0.29) is 5.97 Å². The summed E-state index contributed by atoms with van der Waals surface area (Å²) < 4.78 is 10.0. The number of hydrogen-bond donors (Lipinski definition) is 1. The van der Waals surface area contributed by atoms with Crippen LogP contribution in [0.1, 0.15) is 21.7 Å². The number of furan rings is 1. The van der Waals surface area contributed by atoms with Crippen molar-refractivity contribution >= 4 is 17.3 Å². The lowest BCUT2D eigenvalue weighted by Gasteiger charge is -2.21. The molecule has 0 unspecified atom stereocenters. The highest BCUT2D eigenvalue weighted by atomic mass is 16.5. The van der Waals surface area contributed by atoms with Gasteiger partial charge in [0.2, 0.25) is 0 Å². The Labute approximate surface area is 117 Å². The predicted octanol–water partition coefficient (Wildman–Crippen LogP) is 2.59. The summed E-state index contributed by atoms with van der Waals surface area (Å²) in [5.41, 5.74) is 8.94. The number of ether oxygens (including phenoxy) is 1. The van der Waals surface area contributed by atoms with E-state index in [4.69, 9.17) is 14.9 Å². The van der Waals surface area contributed by atoms with Gasteiger partial charge in [0.05, 0.1) is 30.3 Å². The first-order valence-corrected chi connectivity index (χ1v) is 6.25. The van der Waals surface area contributed by atoms with E-state index >= 15 is 0 Å². The van der Waals surface area contributed by atoms with Gasteiger partial charge < -0.3 is 19.8 Å². The normalized spacial score (nSPS) is 10.3. The molecule has 0 saturated carbocycles. The van der Waals surface area contributed by atoms with Gasteiger partial charge in [-0.1, -0.05) is 0 Å². The molecule has 1 aromatic carbocycles. The summed E-state index contributed by atoms with van der Waals surface area (Å²) in [7, 11) is 3.27. The fourth-order valence-electron chi connectivity index (χ4n) is 2.04. The fourth-order valence-corrected chi connectivity index (χ4v) is 2.04. The van der Waals surface area contributed by atoms with E-state index in [9.17, 15) is 4.79 Å². The zero-order valence-corrected chi connectivity index (χ0v) is 11.8. The number of anilines is 2. The van der Waals surface area contributed by atoms with Crippen molar-refractivity contribution in [3.8, 4) is 0 Å². The third-order valence-electron chi connectivity index (χ3n) is 3.24. The number of nitrogens with two attached hydrogens (primary N) is 1. The van der Waals surface area contributed by atoms with Crippen LogP contribution in [0.4, 0.5) is 11.4 Å². The molecule has 106 valence electrons. The first kappa shape index (κ1) is 14.0. The van der Waals surface area contributed by atoms with Gasteiger partial charge in [0.25, 0.3) is 0 Å². The molecule has 0 aliphatic heterocycles. The number of carbonyl (C=O) groups is 1. The summed E-state index contributed by atoms with van der Waals surface area (Å²) in [6, 6.07) is 7.02. The molecule has 0 fully saturated rings. The second-order valence-electron chi connectivity index (χ2n) is 4.62. The van der Waals surface area contributed by atoms with Gasteiger partial charge in [0, 0.05) is 19.2 Å². The maximum atomic E-state index is 11.6. The standard InChI is InChI=1S/C15H18N2O3/c1-10-12(6-7-20-10)9-17(2)14-8-11(15(18)19-3)4-5-13(14)16/h4-8H,9,16H2,1-3H3. The fraction of sp³-hybridized carbons (Fsp3) is 0.267. The van der Waals surface area contributed by atoms with E-state index in [2.05, 4.69) is 0 Å². The number of nitrogens with zero attached hydrogens (tertiary/aromatic N) is 1. The summed E-state index contributed by atoms with van der Waals surface area (Å²) in [6.07, 6.45) is 1.66. The minimum Gasteiger partial charge on any atom is -0.469 e. The minimum atomic E-state index is -0.376. The Balaban J connectivity index is 2.27. The number of benzene rings is 1. The topological polar surface area (TPSA) is 68.7 Å². The van der Waals surface area contributed by atoms with Gasteiger partial charge in [0.15, 0.2) is 0 Å². The summed E-state index contributed by atoms with van der Waals surface area (Å²) >= 11 is 0. The summed E-state index contributed by atoms with van der Waals surface area (Å²) in [5, 5.41) is 0. The van der Waals surface area contributed by atoms with E-state index in [1.54, 1.807) is 24.5 Å². The van der Waals surface area contributed by atoms with E-state index in [0.717, 1.165) is 17.0 Å². The summed E-state index contributed by atoms with van der Waals surface area (Å²) in [6.45, 7) is 2.56. The van der Waals surface area contributed by atoms with Crippen LogP contribution >= 0.6 is 0 Å². The predicted molar refractivity (Wildman–Crippen MR) is 77.7 cm³/mol. The van der Waals surface area contributed by atoms with Crippen LogP contribution in [-0.2, 0) is 11.3 Å². The molecule has 5 nitrogen and oxygen atoms in total. The van der Waals surface area contributed by atoms with Crippen LogP contribution in [0.3, 0.4) is 0 Å². The Bertz CT molecular complexity index is 619. The molecular formula is C15H18N2O3. The Kier molecular flexibility index (Phi) is 3.98. The Morgan fingerprint density at radius 2 is 2.15 bits per heavy atom. The van der Waals surface area contributed by atoms with Gasteiger partial charge in [-0.3, -0.25) is 0 Å². The SMILES string of the molecule is COC(=O)c1ccc(N)c(N(C)Cc2ccoc2C)c1. The average molecular weight is 274 g/mol. The smallest absolute Gasteiger partial charge is 0.337 e. The quantitative estimate of drug-likeness (QED) is 0.685. The highest BCUT2D eigenvalue weighted by molar-refractivity contribution is 5.92. The van der Waals surface area contributed by atoms with Crippen LogP contribution in [0, 0.1) is 6.92 Å². The van der Waals surface area contributed by atoms with Gasteiger partial charge in [-0.2, -0.15) is 0 Å². The molecule has 20 heavy (non-hydrogen) atoms. The van der Waals surface area contributed by atoms with Crippen molar-refractivity contribution in [1.82, 2.24) is 0 Å². The highest BCUT2D eigenvalue weighted by Gasteiger charge is 2.13. The van der Waals surface area contributed by atoms with Crippen LogP contribution in [0.5, 0.6) is 0 Å². The molecule has 0 amide bonds. The summed E-state index contributed by atoms with van der Waals surface area (Å²) in [4.78, 5) is 13.5. The molecule has 0 aliphatic rings. The third-order valence-corrected chi connectivity index (χ3v) is 3.24. The second-order valence-corrected chi connectivity index (χ2v) is 4.62. The molecule has 0 aliphatic carbocycles. The number of esters is 1. The van der Waals surface area contributed by atoms with Gasteiger partial charge in [-0.15, -0.1) is 0 Å². The van der Waals surface area contributed by atoms with Crippen molar-refractivity contribution in [2.45, 2.75) is 13.5 Å². The molecule has 2 N–H and O–H groups in total. The minimum absolute atomic E-state index is 0.376. The zero-order valence-electron chi connectivity index (χ0n) is 11.8. The molecule has 2 rings (SSSR count). The van der Waals surface area contributed by atoms with E-state index in [0.29, 0.717) is 17.8 Å². The number of rotatable bonds is 4. The third kappa shape index (κ3) is 2.77. The summed E-state index contributed by atoms with van der Waals surface area (Å²) in [5.74, 6) is 0.499. The number of carbonyl (C=O) groups excluding carboxylic acids is 1. The maximum Gasteiger partial charge on any atom is 0.337 e. The van der Waals surface area contributed by atoms with Gasteiger partial charge in [0.1, 0.15) is 5.76 Å². The van der Waals surface area contributed by atoms with Crippen LogP contribution < -0.4 is 10.6 Å². The lowest BCUT2D eigenvalue weighted by Crippen LogP contribution is -2.18. The van der Waals surface area contributed by atoms with Crippen molar-refractivity contribution < 1.29 is 13.9 Å². The zero-order chi connectivity index (χ0) is 14.7. The Morgan fingerprint density at radius 1 is 1.40 bits per heavy atom. The first-order valence-electron chi connectivity index (χ1n) is 6.25. The number of methoxy groups -OCH3 is 1. The van der Waals surface area contributed by atoms with Crippen molar-refractivity contribution in [2.24, 2.45) is 0 Å². The van der Waals surface area contributed by atoms with Gasteiger partial charge >= 0.3 is 5.97 Å². The number of aryl methyl sites for hydroxylation is 1. The average Bonchev–Trinajstić information content (AvgIpc) is 2.83. The number of nitrogen functional groups attached to an aromatic ring is 1. The van der Waals surface area contributed by atoms with Crippen molar-refractivity contribution in [2.75, 3.05) is 24.8 Å². The lowest BCUT2D eigenvalue weighted by molar-refractivity contribution is 0.0601.